The molecule has 4 heteroatoms. The summed E-state index contributed by atoms with van der Waals surface area (Å²) in [6.07, 6.45) is 1.97. The second-order valence-electron chi connectivity index (χ2n) is 3.81. The molecule has 1 heterocycles. The van der Waals surface area contributed by atoms with Crippen molar-refractivity contribution < 1.29 is 9.47 Å². The van der Waals surface area contributed by atoms with E-state index < -0.39 is 0 Å². The summed E-state index contributed by atoms with van der Waals surface area (Å²) in [6.45, 7) is 4.62. The molecule has 1 unspecified atom stereocenters. The molecular formula is C12H20N2O2. The lowest BCUT2D eigenvalue weighted by Crippen LogP contribution is -2.25. The molecule has 0 fully saturated rings. The maximum Gasteiger partial charge on any atom is 0.142 e. The van der Waals surface area contributed by atoms with Crippen molar-refractivity contribution in [2.24, 2.45) is 0 Å². The van der Waals surface area contributed by atoms with E-state index in [0.717, 1.165) is 11.4 Å². The Bertz CT molecular complexity index is 316. The fraction of sp³-hybridized carbons (Fsp3) is 0.583. The van der Waals surface area contributed by atoms with Crippen LogP contribution in [0.2, 0.25) is 0 Å². The van der Waals surface area contributed by atoms with E-state index >= 15 is 0 Å². The molecule has 90 valence electrons. The van der Waals surface area contributed by atoms with E-state index in [1.165, 1.54) is 0 Å². The second-order valence-corrected chi connectivity index (χ2v) is 3.81. The number of ether oxygens (including phenoxy) is 2. The maximum absolute atomic E-state index is 5.59. The van der Waals surface area contributed by atoms with Gasteiger partial charge in [0, 0.05) is 6.20 Å². The number of nitrogens with one attached hydrogen (secondary N) is 1. The smallest absolute Gasteiger partial charge is 0.142 e. The van der Waals surface area contributed by atoms with Crippen LogP contribution in [-0.4, -0.2) is 31.9 Å². The largest absolute Gasteiger partial charge is 0.495 e. The Kier molecular flexibility index (Phi) is 5.22. The molecule has 0 aliphatic carbocycles. The Morgan fingerprint density at radius 3 is 2.75 bits per heavy atom. The van der Waals surface area contributed by atoms with E-state index in [4.69, 9.17) is 9.47 Å². The molecule has 0 bridgehead atoms. The van der Waals surface area contributed by atoms with Crippen LogP contribution in [0.5, 0.6) is 5.75 Å². The van der Waals surface area contributed by atoms with Crippen molar-refractivity contribution in [2.45, 2.75) is 26.0 Å². The van der Waals surface area contributed by atoms with Crippen molar-refractivity contribution in [1.82, 2.24) is 10.3 Å². The molecule has 1 N–H and O–H groups in total. The summed E-state index contributed by atoms with van der Waals surface area (Å²) in [5.74, 6) is 0.786. The van der Waals surface area contributed by atoms with Gasteiger partial charge in [0.25, 0.3) is 0 Å². The van der Waals surface area contributed by atoms with Crippen molar-refractivity contribution in [2.75, 3.05) is 20.8 Å². The zero-order valence-corrected chi connectivity index (χ0v) is 10.4. The van der Waals surface area contributed by atoms with E-state index in [2.05, 4.69) is 10.3 Å². The molecule has 0 saturated heterocycles. The predicted molar refractivity (Wildman–Crippen MR) is 63.7 cm³/mol. The number of aromatic nitrogens is 1. The SMILES string of the molecule is CNC(COC(C)C)c1ncccc1OC. The summed E-state index contributed by atoms with van der Waals surface area (Å²) in [5.41, 5.74) is 0.883. The van der Waals surface area contributed by atoms with Crippen LogP contribution >= 0.6 is 0 Å². The van der Waals surface area contributed by atoms with Crippen molar-refractivity contribution in [1.29, 1.82) is 0 Å². The summed E-state index contributed by atoms with van der Waals surface area (Å²) < 4.78 is 10.9. The lowest BCUT2D eigenvalue weighted by molar-refractivity contribution is 0.0613. The van der Waals surface area contributed by atoms with Gasteiger partial charge in [0.2, 0.25) is 0 Å². The van der Waals surface area contributed by atoms with Gasteiger partial charge in [-0.15, -0.1) is 0 Å². The third kappa shape index (κ3) is 3.47. The third-order valence-electron chi connectivity index (χ3n) is 2.29. The van der Waals surface area contributed by atoms with Crippen LogP contribution in [0, 0.1) is 0 Å². The van der Waals surface area contributed by atoms with E-state index in [1.807, 2.05) is 33.0 Å². The van der Waals surface area contributed by atoms with Crippen LogP contribution in [-0.2, 0) is 4.74 Å². The van der Waals surface area contributed by atoms with Gasteiger partial charge in [-0.1, -0.05) is 0 Å². The summed E-state index contributed by atoms with van der Waals surface area (Å²) in [6, 6.07) is 3.82. The number of hydrogen-bond acceptors (Lipinski definition) is 4. The van der Waals surface area contributed by atoms with Crippen molar-refractivity contribution in [3.8, 4) is 5.75 Å². The quantitative estimate of drug-likeness (QED) is 0.800. The van der Waals surface area contributed by atoms with Crippen LogP contribution < -0.4 is 10.1 Å². The first-order valence-corrected chi connectivity index (χ1v) is 5.46. The molecule has 0 saturated carbocycles. The van der Waals surface area contributed by atoms with E-state index in [1.54, 1.807) is 13.3 Å². The molecule has 4 nitrogen and oxygen atoms in total. The van der Waals surface area contributed by atoms with Crippen LogP contribution in [0.1, 0.15) is 25.6 Å². The molecule has 0 aromatic carbocycles. The third-order valence-corrected chi connectivity index (χ3v) is 2.29. The normalized spacial score (nSPS) is 12.8. The Balaban J connectivity index is 2.77. The van der Waals surface area contributed by atoms with Crippen LogP contribution in [0.25, 0.3) is 0 Å². The molecule has 1 rings (SSSR count). The number of rotatable bonds is 6. The summed E-state index contributed by atoms with van der Waals surface area (Å²) in [5, 5.41) is 3.18. The molecule has 0 radical (unpaired) electrons. The highest BCUT2D eigenvalue weighted by molar-refractivity contribution is 5.29. The Morgan fingerprint density at radius 2 is 2.19 bits per heavy atom. The fourth-order valence-electron chi connectivity index (χ4n) is 1.42. The first kappa shape index (κ1) is 12.9. The van der Waals surface area contributed by atoms with Gasteiger partial charge in [-0.05, 0) is 33.0 Å². The molecule has 1 atom stereocenters. The van der Waals surface area contributed by atoms with Gasteiger partial charge in [0.05, 0.1) is 25.9 Å². The minimum Gasteiger partial charge on any atom is -0.495 e. The first-order valence-electron chi connectivity index (χ1n) is 5.46. The Morgan fingerprint density at radius 1 is 1.44 bits per heavy atom. The van der Waals surface area contributed by atoms with Gasteiger partial charge in [-0.2, -0.15) is 0 Å². The van der Waals surface area contributed by atoms with Crippen molar-refractivity contribution in [3.05, 3.63) is 24.0 Å². The predicted octanol–water partition coefficient (Wildman–Crippen LogP) is 1.78. The molecule has 0 aliphatic rings. The average Bonchev–Trinajstić information content (AvgIpc) is 2.30. The standard InChI is InChI=1S/C12H20N2O2/c1-9(2)16-8-10(13-3)12-11(15-4)6-5-7-14-12/h5-7,9-10,13H,8H2,1-4H3. The summed E-state index contributed by atoms with van der Waals surface area (Å²) >= 11 is 0. The Hall–Kier alpha value is -1.13. The van der Waals surface area contributed by atoms with Crippen molar-refractivity contribution >= 4 is 0 Å². The van der Waals surface area contributed by atoms with Gasteiger partial charge in [0.15, 0.2) is 0 Å². The zero-order chi connectivity index (χ0) is 12.0. The zero-order valence-electron chi connectivity index (χ0n) is 10.4. The minimum absolute atomic E-state index is 0.0542. The van der Waals surface area contributed by atoms with Gasteiger partial charge in [0.1, 0.15) is 11.4 Å². The Labute approximate surface area is 97.0 Å². The monoisotopic (exact) mass is 224 g/mol. The van der Waals surface area contributed by atoms with E-state index in [-0.39, 0.29) is 12.1 Å². The molecular weight excluding hydrogens is 204 g/mol. The van der Waals surface area contributed by atoms with Gasteiger partial charge in [-0.3, -0.25) is 4.98 Å². The first-order chi connectivity index (χ1) is 7.69. The maximum atomic E-state index is 5.59. The molecule has 1 aromatic rings. The van der Waals surface area contributed by atoms with Crippen LogP contribution in [0.15, 0.2) is 18.3 Å². The number of hydrogen-bond donors (Lipinski definition) is 1. The molecule has 0 spiro atoms. The number of pyridine rings is 1. The molecule has 1 aromatic heterocycles. The van der Waals surface area contributed by atoms with Crippen LogP contribution in [0.4, 0.5) is 0 Å². The summed E-state index contributed by atoms with van der Waals surface area (Å²) in [7, 11) is 3.54. The lowest BCUT2D eigenvalue weighted by Gasteiger charge is -2.19. The number of nitrogens with zero attached hydrogens (tertiary/aromatic N) is 1. The van der Waals surface area contributed by atoms with E-state index in [9.17, 15) is 0 Å². The fourth-order valence-corrected chi connectivity index (χ4v) is 1.42. The van der Waals surface area contributed by atoms with E-state index in [0.29, 0.717) is 6.61 Å². The van der Waals surface area contributed by atoms with Gasteiger partial charge < -0.3 is 14.8 Å². The lowest BCUT2D eigenvalue weighted by atomic mass is 10.2. The topological polar surface area (TPSA) is 43.4 Å². The molecule has 0 aliphatic heterocycles. The molecule has 16 heavy (non-hydrogen) atoms. The van der Waals surface area contributed by atoms with Crippen LogP contribution in [0.3, 0.4) is 0 Å². The van der Waals surface area contributed by atoms with Gasteiger partial charge >= 0.3 is 0 Å². The number of likely N-dealkylation sites (N-methyl/N-ethyl adjacent to an activating group) is 1. The van der Waals surface area contributed by atoms with Gasteiger partial charge in [-0.25, -0.2) is 0 Å². The van der Waals surface area contributed by atoms with Crippen molar-refractivity contribution in [3.63, 3.8) is 0 Å². The second kappa shape index (κ2) is 6.45. The minimum atomic E-state index is 0.0542. The summed E-state index contributed by atoms with van der Waals surface area (Å²) in [4.78, 5) is 4.33. The highest BCUT2D eigenvalue weighted by Gasteiger charge is 2.16. The highest BCUT2D eigenvalue weighted by atomic mass is 16.5. The number of methoxy groups -OCH3 is 1. The molecule has 0 amide bonds. The average molecular weight is 224 g/mol. The highest BCUT2D eigenvalue weighted by Crippen LogP contribution is 2.22.